The molecule has 3 heteroatoms. The van der Waals surface area contributed by atoms with Gasteiger partial charge in [0, 0.05) is 21.7 Å². The zero-order valence-electron chi connectivity index (χ0n) is 10.9. The summed E-state index contributed by atoms with van der Waals surface area (Å²) in [6.07, 6.45) is 1.09. The van der Waals surface area contributed by atoms with E-state index in [1.807, 2.05) is 18.2 Å². The summed E-state index contributed by atoms with van der Waals surface area (Å²) >= 11 is 9.51. The van der Waals surface area contributed by atoms with Crippen LogP contribution in [0.15, 0.2) is 53.0 Å². The third kappa shape index (κ3) is 4.26. The first-order valence-electron chi connectivity index (χ1n) is 6.40. The minimum atomic E-state index is 0.548. The van der Waals surface area contributed by atoms with Gasteiger partial charge in [-0.2, -0.15) is 0 Å². The molecule has 1 N–H and O–H groups in total. The maximum atomic E-state index is 5.99. The van der Waals surface area contributed by atoms with E-state index in [9.17, 15) is 0 Å². The van der Waals surface area contributed by atoms with Gasteiger partial charge in [-0.05, 0) is 52.0 Å². The lowest BCUT2D eigenvalue weighted by Gasteiger charge is -2.14. The van der Waals surface area contributed by atoms with Crippen LogP contribution in [-0.2, 0) is 0 Å². The molecule has 19 heavy (non-hydrogen) atoms. The molecule has 2 rings (SSSR count). The van der Waals surface area contributed by atoms with Gasteiger partial charge in [0.2, 0.25) is 0 Å². The van der Waals surface area contributed by atoms with Crippen molar-refractivity contribution in [1.82, 2.24) is 0 Å². The molecule has 0 heterocycles. The van der Waals surface area contributed by atoms with Crippen LogP contribution < -0.4 is 5.32 Å². The molecular formula is C16H17BrClN. The molecule has 1 nitrogen and oxygen atoms in total. The van der Waals surface area contributed by atoms with E-state index in [0.29, 0.717) is 5.92 Å². The van der Waals surface area contributed by atoms with Crippen molar-refractivity contribution in [2.75, 3.05) is 11.9 Å². The number of anilines is 1. The molecule has 0 radical (unpaired) electrons. The molecule has 0 aromatic heterocycles. The first-order chi connectivity index (χ1) is 9.16. The van der Waals surface area contributed by atoms with Crippen LogP contribution in [-0.4, -0.2) is 6.54 Å². The molecule has 0 amide bonds. The number of halogens is 2. The number of hydrogen-bond acceptors (Lipinski definition) is 1. The van der Waals surface area contributed by atoms with Crippen LogP contribution in [0.4, 0.5) is 5.69 Å². The highest BCUT2D eigenvalue weighted by Crippen LogP contribution is 2.26. The fourth-order valence-corrected chi connectivity index (χ4v) is 2.56. The minimum Gasteiger partial charge on any atom is -0.384 e. The molecule has 0 saturated carbocycles. The lowest BCUT2D eigenvalue weighted by molar-refractivity contribution is 0.706. The molecule has 0 saturated heterocycles. The fourth-order valence-electron chi connectivity index (χ4n) is 2.00. The molecule has 0 aliphatic heterocycles. The summed E-state index contributed by atoms with van der Waals surface area (Å²) in [5, 5.41) is 4.17. The van der Waals surface area contributed by atoms with Gasteiger partial charge in [0.25, 0.3) is 0 Å². The summed E-state index contributed by atoms with van der Waals surface area (Å²) < 4.78 is 1.05. The highest BCUT2D eigenvalue weighted by atomic mass is 79.9. The fraction of sp³-hybridized carbons (Fsp3) is 0.250. The molecular weight excluding hydrogens is 322 g/mol. The van der Waals surface area contributed by atoms with Crippen molar-refractivity contribution < 1.29 is 0 Å². The Morgan fingerprint density at radius 3 is 2.63 bits per heavy atom. The lowest BCUT2D eigenvalue weighted by atomic mass is 9.98. The van der Waals surface area contributed by atoms with Crippen LogP contribution >= 0.6 is 27.5 Å². The van der Waals surface area contributed by atoms with E-state index in [1.165, 1.54) is 5.56 Å². The van der Waals surface area contributed by atoms with Crippen LogP contribution in [0.2, 0.25) is 5.02 Å². The third-order valence-electron chi connectivity index (χ3n) is 3.19. The third-order valence-corrected chi connectivity index (χ3v) is 4.12. The first kappa shape index (κ1) is 14.4. The van der Waals surface area contributed by atoms with E-state index in [0.717, 1.165) is 28.1 Å². The van der Waals surface area contributed by atoms with Crippen LogP contribution in [0.5, 0.6) is 0 Å². The Labute approximate surface area is 128 Å². The van der Waals surface area contributed by atoms with E-state index in [-0.39, 0.29) is 0 Å². The maximum Gasteiger partial charge on any atom is 0.0499 e. The smallest absolute Gasteiger partial charge is 0.0499 e. The van der Waals surface area contributed by atoms with Crippen LogP contribution in [0.3, 0.4) is 0 Å². The molecule has 0 fully saturated rings. The molecule has 2 aromatic carbocycles. The zero-order chi connectivity index (χ0) is 13.7. The summed E-state index contributed by atoms with van der Waals surface area (Å²) in [6.45, 7) is 3.18. The van der Waals surface area contributed by atoms with Crippen molar-refractivity contribution in [1.29, 1.82) is 0 Å². The van der Waals surface area contributed by atoms with Crippen molar-refractivity contribution in [2.24, 2.45) is 0 Å². The van der Waals surface area contributed by atoms with Gasteiger partial charge in [-0.15, -0.1) is 0 Å². The van der Waals surface area contributed by atoms with E-state index in [2.05, 4.69) is 58.5 Å². The van der Waals surface area contributed by atoms with Crippen LogP contribution in [0.1, 0.15) is 24.8 Å². The minimum absolute atomic E-state index is 0.548. The normalized spacial score (nSPS) is 12.2. The average molecular weight is 339 g/mol. The average Bonchev–Trinajstić information content (AvgIpc) is 2.43. The standard InChI is InChI=1S/C16H17BrClN/c1-12(13-5-3-2-4-6-13)9-10-19-16-11-14(18)7-8-15(16)17/h2-8,11-12,19H,9-10H2,1H3. The molecule has 1 unspecified atom stereocenters. The summed E-state index contributed by atoms with van der Waals surface area (Å²) in [6, 6.07) is 16.4. The number of benzene rings is 2. The Hall–Kier alpha value is -0.990. The number of nitrogens with one attached hydrogen (secondary N) is 1. The van der Waals surface area contributed by atoms with Gasteiger partial charge in [0.1, 0.15) is 0 Å². The van der Waals surface area contributed by atoms with E-state index in [4.69, 9.17) is 11.6 Å². The number of rotatable bonds is 5. The second-order valence-electron chi connectivity index (χ2n) is 4.65. The summed E-state index contributed by atoms with van der Waals surface area (Å²) in [4.78, 5) is 0. The largest absolute Gasteiger partial charge is 0.384 e. The van der Waals surface area contributed by atoms with Gasteiger partial charge >= 0.3 is 0 Å². The van der Waals surface area contributed by atoms with Gasteiger partial charge in [-0.1, -0.05) is 48.9 Å². The van der Waals surface area contributed by atoms with Crippen molar-refractivity contribution in [3.63, 3.8) is 0 Å². The Morgan fingerprint density at radius 1 is 1.16 bits per heavy atom. The molecule has 2 aromatic rings. The zero-order valence-corrected chi connectivity index (χ0v) is 13.2. The van der Waals surface area contributed by atoms with E-state index < -0.39 is 0 Å². The second-order valence-corrected chi connectivity index (χ2v) is 5.94. The van der Waals surface area contributed by atoms with E-state index >= 15 is 0 Å². The topological polar surface area (TPSA) is 12.0 Å². The predicted octanol–water partition coefficient (Wildman–Crippen LogP) is 5.71. The lowest BCUT2D eigenvalue weighted by Crippen LogP contribution is -2.06. The van der Waals surface area contributed by atoms with E-state index in [1.54, 1.807) is 0 Å². The van der Waals surface area contributed by atoms with Gasteiger partial charge in [-0.3, -0.25) is 0 Å². The SMILES string of the molecule is CC(CCNc1cc(Cl)ccc1Br)c1ccccc1. The number of hydrogen-bond donors (Lipinski definition) is 1. The Bertz CT molecular complexity index is 528. The molecule has 0 bridgehead atoms. The first-order valence-corrected chi connectivity index (χ1v) is 7.58. The molecule has 1 atom stereocenters. The van der Waals surface area contributed by atoms with Gasteiger partial charge in [-0.25, -0.2) is 0 Å². The van der Waals surface area contributed by atoms with Crippen molar-refractivity contribution in [3.05, 3.63) is 63.6 Å². The quantitative estimate of drug-likeness (QED) is 0.736. The Morgan fingerprint density at radius 2 is 1.89 bits per heavy atom. The van der Waals surface area contributed by atoms with Gasteiger partial charge < -0.3 is 5.32 Å². The summed E-state index contributed by atoms with van der Waals surface area (Å²) in [5.74, 6) is 0.548. The van der Waals surface area contributed by atoms with Crippen LogP contribution in [0, 0.1) is 0 Å². The molecule has 0 aliphatic carbocycles. The maximum absolute atomic E-state index is 5.99. The van der Waals surface area contributed by atoms with Crippen LogP contribution in [0.25, 0.3) is 0 Å². The highest BCUT2D eigenvalue weighted by molar-refractivity contribution is 9.10. The monoisotopic (exact) mass is 337 g/mol. The van der Waals surface area contributed by atoms with Crippen molar-refractivity contribution in [2.45, 2.75) is 19.3 Å². The molecule has 0 aliphatic rings. The summed E-state index contributed by atoms with van der Waals surface area (Å²) in [5.41, 5.74) is 2.43. The van der Waals surface area contributed by atoms with Crippen molar-refractivity contribution in [3.8, 4) is 0 Å². The van der Waals surface area contributed by atoms with Crippen molar-refractivity contribution >= 4 is 33.2 Å². The second kappa shape index (κ2) is 6.97. The Kier molecular flexibility index (Phi) is 5.29. The Balaban J connectivity index is 1.88. The molecule has 100 valence electrons. The van der Waals surface area contributed by atoms with Gasteiger partial charge in [0.15, 0.2) is 0 Å². The summed E-state index contributed by atoms with van der Waals surface area (Å²) in [7, 11) is 0. The predicted molar refractivity (Wildman–Crippen MR) is 87.1 cm³/mol. The van der Waals surface area contributed by atoms with Gasteiger partial charge in [0.05, 0.1) is 0 Å². The molecule has 0 spiro atoms. The highest BCUT2D eigenvalue weighted by Gasteiger charge is 2.05.